The van der Waals surface area contributed by atoms with Crippen LogP contribution in [0.5, 0.6) is 0 Å². The number of amides is 2. The second kappa shape index (κ2) is 9.08. The van der Waals surface area contributed by atoms with Gasteiger partial charge in [0, 0.05) is 22.0 Å². The van der Waals surface area contributed by atoms with Crippen molar-refractivity contribution in [2.24, 2.45) is 5.92 Å². The molecule has 0 saturated carbocycles. The number of carbonyl (C=O) groups excluding carboxylic acids is 2. The van der Waals surface area contributed by atoms with E-state index in [2.05, 4.69) is 23.3 Å². The van der Waals surface area contributed by atoms with Crippen molar-refractivity contribution < 1.29 is 9.59 Å². The zero-order chi connectivity index (χ0) is 22.1. The minimum atomic E-state index is -0.175. The normalized spacial score (nSPS) is 17.0. The molecule has 0 radical (unpaired) electrons. The lowest BCUT2D eigenvalue weighted by atomic mass is 9.93. The zero-order valence-electron chi connectivity index (χ0n) is 18.0. The molecule has 2 amide bonds. The highest BCUT2D eigenvalue weighted by atomic mass is 32.2. The van der Waals surface area contributed by atoms with E-state index in [-0.39, 0.29) is 11.8 Å². The monoisotopic (exact) mass is 463 g/mol. The van der Waals surface area contributed by atoms with E-state index in [1.54, 1.807) is 11.3 Å². The number of para-hydroxylation sites is 1. The van der Waals surface area contributed by atoms with Gasteiger partial charge in [0.25, 0.3) is 5.91 Å². The molecular weight excluding hydrogens is 438 g/mol. The first-order chi connectivity index (χ1) is 15.6. The lowest BCUT2D eigenvalue weighted by Crippen LogP contribution is -2.30. The number of fused-ring (bicyclic) bond motifs is 2. The van der Waals surface area contributed by atoms with Gasteiger partial charge in [-0.05, 0) is 55.4 Å². The Kier molecular flexibility index (Phi) is 6.02. The van der Waals surface area contributed by atoms with E-state index >= 15 is 0 Å². The van der Waals surface area contributed by atoms with Crippen LogP contribution in [0.4, 0.5) is 10.8 Å². The number of thioether (sulfide) groups is 1. The summed E-state index contributed by atoms with van der Waals surface area (Å²) >= 11 is 3.00. The Hall–Kier alpha value is -2.64. The van der Waals surface area contributed by atoms with Crippen LogP contribution in [0.1, 0.15) is 39.8 Å². The maximum atomic E-state index is 13.0. The van der Waals surface area contributed by atoms with Gasteiger partial charge in [0.1, 0.15) is 0 Å². The van der Waals surface area contributed by atoms with Crippen LogP contribution in [0.25, 0.3) is 0 Å². The Morgan fingerprint density at radius 1 is 1.16 bits per heavy atom. The standard InChI is InChI=1S/C25H25N3O2S2/c1-16-10-11-19-22(14-16)32-25(26-19)27-24(30)18-7-3-5-9-21(18)31-15-23(29)28-13-12-17-6-2-4-8-20(17)28/h2-9,16H,10-15H2,1H3,(H,26,27,30)/t16-/m0/s1. The van der Waals surface area contributed by atoms with Gasteiger partial charge in [-0.2, -0.15) is 0 Å². The van der Waals surface area contributed by atoms with Crippen molar-refractivity contribution in [3.05, 3.63) is 70.2 Å². The molecule has 0 bridgehead atoms. The van der Waals surface area contributed by atoms with Gasteiger partial charge in [-0.1, -0.05) is 37.3 Å². The minimum absolute atomic E-state index is 0.0666. The van der Waals surface area contributed by atoms with Crippen LogP contribution in [-0.4, -0.2) is 29.1 Å². The maximum absolute atomic E-state index is 13.0. The molecule has 1 atom stereocenters. The van der Waals surface area contributed by atoms with E-state index in [4.69, 9.17) is 0 Å². The topological polar surface area (TPSA) is 62.3 Å². The van der Waals surface area contributed by atoms with Gasteiger partial charge < -0.3 is 4.90 Å². The van der Waals surface area contributed by atoms with Crippen LogP contribution >= 0.6 is 23.1 Å². The zero-order valence-corrected chi connectivity index (χ0v) is 19.6. The van der Waals surface area contributed by atoms with Gasteiger partial charge in [-0.25, -0.2) is 4.98 Å². The summed E-state index contributed by atoms with van der Waals surface area (Å²) in [6, 6.07) is 15.5. The second-order valence-corrected chi connectivity index (χ2v) is 10.5. The van der Waals surface area contributed by atoms with Gasteiger partial charge in [-0.15, -0.1) is 23.1 Å². The fourth-order valence-electron chi connectivity index (χ4n) is 4.35. The molecule has 1 aliphatic carbocycles. The summed E-state index contributed by atoms with van der Waals surface area (Å²) in [5.41, 5.74) is 3.92. The van der Waals surface area contributed by atoms with E-state index in [0.29, 0.717) is 28.9 Å². The van der Waals surface area contributed by atoms with Crippen molar-refractivity contribution >= 4 is 45.7 Å². The number of benzene rings is 2. The van der Waals surface area contributed by atoms with Gasteiger partial charge in [0.05, 0.1) is 17.0 Å². The number of rotatable bonds is 5. The number of aromatic nitrogens is 1. The summed E-state index contributed by atoms with van der Waals surface area (Å²) < 4.78 is 0. The third-order valence-electron chi connectivity index (χ3n) is 6.08. The van der Waals surface area contributed by atoms with E-state index in [1.807, 2.05) is 47.4 Å². The second-order valence-electron chi connectivity index (χ2n) is 8.40. The average molecular weight is 464 g/mol. The number of anilines is 2. The van der Waals surface area contributed by atoms with Crippen LogP contribution in [0.2, 0.25) is 0 Å². The third-order valence-corrected chi connectivity index (χ3v) is 8.17. The number of nitrogens with one attached hydrogen (secondary N) is 1. The molecule has 3 aromatic rings. The van der Waals surface area contributed by atoms with Crippen molar-refractivity contribution in [3.8, 4) is 0 Å². The predicted octanol–water partition coefficient (Wildman–Crippen LogP) is 5.20. The van der Waals surface area contributed by atoms with Crippen molar-refractivity contribution in [1.29, 1.82) is 0 Å². The number of carbonyl (C=O) groups is 2. The smallest absolute Gasteiger partial charge is 0.258 e. The van der Waals surface area contributed by atoms with Crippen LogP contribution in [-0.2, 0) is 24.1 Å². The first-order valence-electron chi connectivity index (χ1n) is 11.0. The van der Waals surface area contributed by atoms with E-state index in [9.17, 15) is 9.59 Å². The minimum Gasteiger partial charge on any atom is -0.311 e. The fourth-order valence-corrected chi connectivity index (χ4v) is 6.44. The summed E-state index contributed by atoms with van der Waals surface area (Å²) in [6.07, 6.45) is 4.06. The molecule has 1 N–H and O–H groups in total. The summed E-state index contributed by atoms with van der Waals surface area (Å²) in [6.45, 7) is 2.98. The Balaban J connectivity index is 1.26. The first-order valence-corrected chi connectivity index (χ1v) is 12.8. The van der Waals surface area contributed by atoms with Gasteiger partial charge >= 0.3 is 0 Å². The largest absolute Gasteiger partial charge is 0.311 e. The van der Waals surface area contributed by atoms with Crippen molar-refractivity contribution in [1.82, 2.24) is 4.98 Å². The van der Waals surface area contributed by atoms with E-state index in [0.717, 1.165) is 42.0 Å². The van der Waals surface area contributed by atoms with Crippen molar-refractivity contribution in [2.75, 3.05) is 22.5 Å². The summed E-state index contributed by atoms with van der Waals surface area (Å²) in [5.74, 6) is 0.856. The molecule has 1 aromatic heterocycles. The molecule has 0 fully saturated rings. The molecule has 5 nitrogen and oxygen atoms in total. The number of hydrogen-bond acceptors (Lipinski definition) is 5. The third kappa shape index (κ3) is 4.32. The maximum Gasteiger partial charge on any atom is 0.258 e. The molecule has 0 spiro atoms. The summed E-state index contributed by atoms with van der Waals surface area (Å²) in [5, 5.41) is 3.65. The lowest BCUT2D eigenvalue weighted by molar-refractivity contribution is -0.116. The SMILES string of the molecule is C[C@H]1CCc2nc(NC(=O)c3ccccc3SCC(=O)N3CCc4ccccc43)sc2C1. The highest BCUT2D eigenvalue weighted by molar-refractivity contribution is 8.00. The highest BCUT2D eigenvalue weighted by Gasteiger charge is 2.25. The predicted molar refractivity (Wildman–Crippen MR) is 131 cm³/mol. The number of thiazole rings is 1. The molecule has 0 saturated heterocycles. The van der Waals surface area contributed by atoms with Crippen molar-refractivity contribution in [3.63, 3.8) is 0 Å². The highest BCUT2D eigenvalue weighted by Crippen LogP contribution is 2.33. The summed E-state index contributed by atoms with van der Waals surface area (Å²) in [4.78, 5) is 34.5. The Bertz CT molecular complexity index is 1170. The van der Waals surface area contributed by atoms with Crippen LogP contribution in [0.15, 0.2) is 53.4 Å². The lowest BCUT2D eigenvalue weighted by Gasteiger charge is -2.17. The molecule has 0 unspecified atom stereocenters. The van der Waals surface area contributed by atoms with Crippen LogP contribution in [0, 0.1) is 5.92 Å². The number of aryl methyl sites for hydroxylation is 1. The summed E-state index contributed by atoms with van der Waals surface area (Å²) in [7, 11) is 0. The van der Waals surface area contributed by atoms with Crippen molar-refractivity contribution in [2.45, 2.75) is 37.5 Å². The molecule has 2 heterocycles. The van der Waals surface area contributed by atoms with Crippen LogP contribution in [0.3, 0.4) is 0 Å². The van der Waals surface area contributed by atoms with E-state index in [1.165, 1.54) is 22.2 Å². The number of nitrogens with zero attached hydrogens (tertiary/aromatic N) is 2. The molecule has 2 aromatic carbocycles. The molecule has 32 heavy (non-hydrogen) atoms. The first kappa shape index (κ1) is 21.2. The fraction of sp³-hybridized carbons (Fsp3) is 0.320. The average Bonchev–Trinajstić information content (AvgIpc) is 3.41. The Labute approximate surface area is 196 Å². The van der Waals surface area contributed by atoms with Gasteiger partial charge in [-0.3, -0.25) is 14.9 Å². The molecule has 7 heteroatoms. The Morgan fingerprint density at radius 3 is 2.88 bits per heavy atom. The molecular formula is C25H25N3O2S2. The molecule has 1 aliphatic heterocycles. The molecule has 5 rings (SSSR count). The van der Waals surface area contributed by atoms with Crippen LogP contribution < -0.4 is 10.2 Å². The van der Waals surface area contributed by atoms with Gasteiger partial charge in [0.2, 0.25) is 5.91 Å². The Morgan fingerprint density at radius 2 is 1.97 bits per heavy atom. The quantitative estimate of drug-likeness (QED) is 0.528. The van der Waals surface area contributed by atoms with Gasteiger partial charge in [0.15, 0.2) is 5.13 Å². The molecule has 2 aliphatic rings. The van der Waals surface area contributed by atoms with E-state index < -0.39 is 0 Å². The number of hydrogen-bond donors (Lipinski definition) is 1. The molecule has 164 valence electrons.